The van der Waals surface area contributed by atoms with E-state index in [9.17, 15) is 4.79 Å². The van der Waals surface area contributed by atoms with Crippen LogP contribution in [0.1, 0.15) is 18.3 Å². The zero-order valence-electron chi connectivity index (χ0n) is 15.4. The van der Waals surface area contributed by atoms with E-state index in [2.05, 4.69) is 34.7 Å². The molecular weight excluding hydrogens is 312 g/mol. The first-order valence-electron chi connectivity index (χ1n) is 8.41. The predicted octanol–water partition coefficient (Wildman–Crippen LogP) is 3.65. The number of carbonyl (C=O) groups is 1. The number of rotatable bonds is 4. The van der Waals surface area contributed by atoms with E-state index in [0.717, 1.165) is 22.8 Å². The molecule has 0 spiro atoms. The third-order valence-corrected chi connectivity index (χ3v) is 4.86. The quantitative estimate of drug-likeness (QED) is 0.791. The molecule has 0 bridgehead atoms. The first kappa shape index (κ1) is 17.0. The highest BCUT2D eigenvalue weighted by Gasteiger charge is 2.21. The SMILES string of the molecule is Cc1nn(C)c(C)c1NC(=O)[C@@H](C)N(C)c1ccc2ccccc2c1. The van der Waals surface area contributed by atoms with Crippen LogP contribution in [-0.4, -0.2) is 28.8 Å². The number of benzene rings is 2. The molecule has 1 amide bonds. The standard InChI is InChI=1S/C20H24N4O/c1-13-19(14(2)24(5)22-13)21-20(25)15(3)23(4)18-11-10-16-8-6-7-9-17(16)12-18/h6-12,15H,1-5H3,(H,21,25)/t15-/m1/s1. The molecule has 1 N–H and O–H groups in total. The molecule has 25 heavy (non-hydrogen) atoms. The Balaban J connectivity index is 1.80. The van der Waals surface area contributed by atoms with Crippen molar-refractivity contribution in [3.05, 3.63) is 53.9 Å². The van der Waals surface area contributed by atoms with Crippen LogP contribution in [0.2, 0.25) is 0 Å². The van der Waals surface area contributed by atoms with Crippen molar-refractivity contribution in [2.24, 2.45) is 7.05 Å². The number of anilines is 2. The number of aromatic nitrogens is 2. The number of hydrogen-bond acceptors (Lipinski definition) is 3. The highest BCUT2D eigenvalue weighted by molar-refractivity contribution is 5.98. The highest BCUT2D eigenvalue weighted by Crippen LogP contribution is 2.24. The normalized spacial score (nSPS) is 12.2. The van der Waals surface area contributed by atoms with E-state index in [1.807, 2.05) is 58.0 Å². The Morgan fingerprint density at radius 2 is 1.84 bits per heavy atom. The van der Waals surface area contributed by atoms with E-state index in [1.165, 1.54) is 10.8 Å². The monoisotopic (exact) mass is 336 g/mol. The Kier molecular flexibility index (Phi) is 4.49. The highest BCUT2D eigenvalue weighted by atomic mass is 16.2. The van der Waals surface area contributed by atoms with E-state index in [0.29, 0.717) is 0 Å². The second-order valence-corrected chi connectivity index (χ2v) is 6.48. The molecule has 0 fully saturated rings. The van der Waals surface area contributed by atoms with Crippen molar-refractivity contribution in [3.63, 3.8) is 0 Å². The van der Waals surface area contributed by atoms with Gasteiger partial charge >= 0.3 is 0 Å². The summed E-state index contributed by atoms with van der Waals surface area (Å²) >= 11 is 0. The van der Waals surface area contributed by atoms with E-state index < -0.39 is 0 Å². The first-order valence-corrected chi connectivity index (χ1v) is 8.41. The lowest BCUT2D eigenvalue weighted by atomic mass is 10.1. The fraction of sp³-hybridized carbons (Fsp3) is 0.300. The van der Waals surface area contributed by atoms with Gasteiger partial charge in [-0.2, -0.15) is 5.10 Å². The van der Waals surface area contributed by atoms with Crippen molar-refractivity contribution in [3.8, 4) is 0 Å². The van der Waals surface area contributed by atoms with Crippen LogP contribution in [0, 0.1) is 13.8 Å². The van der Waals surface area contributed by atoms with Crippen LogP contribution in [0.5, 0.6) is 0 Å². The summed E-state index contributed by atoms with van der Waals surface area (Å²) in [5.41, 5.74) is 3.59. The van der Waals surface area contributed by atoms with E-state index >= 15 is 0 Å². The Labute approximate surface area is 148 Å². The maximum absolute atomic E-state index is 12.7. The second kappa shape index (κ2) is 6.59. The van der Waals surface area contributed by atoms with Crippen LogP contribution in [0.3, 0.4) is 0 Å². The third kappa shape index (κ3) is 3.22. The van der Waals surface area contributed by atoms with Crippen molar-refractivity contribution in [1.82, 2.24) is 9.78 Å². The number of aryl methyl sites for hydroxylation is 2. The molecule has 130 valence electrons. The van der Waals surface area contributed by atoms with Crippen molar-refractivity contribution >= 4 is 28.1 Å². The molecule has 0 aliphatic carbocycles. The molecule has 1 atom stereocenters. The lowest BCUT2D eigenvalue weighted by molar-refractivity contribution is -0.117. The molecule has 0 radical (unpaired) electrons. The fourth-order valence-electron chi connectivity index (χ4n) is 2.98. The molecule has 0 saturated carbocycles. The Morgan fingerprint density at radius 3 is 2.48 bits per heavy atom. The zero-order chi connectivity index (χ0) is 18.1. The van der Waals surface area contributed by atoms with Crippen molar-refractivity contribution in [2.75, 3.05) is 17.3 Å². The third-order valence-electron chi connectivity index (χ3n) is 4.86. The van der Waals surface area contributed by atoms with Crippen LogP contribution in [0.25, 0.3) is 10.8 Å². The van der Waals surface area contributed by atoms with Crippen molar-refractivity contribution < 1.29 is 4.79 Å². The number of amides is 1. The molecule has 1 aromatic heterocycles. The van der Waals surface area contributed by atoms with Gasteiger partial charge in [0.15, 0.2) is 0 Å². The molecule has 0 unspecified atom stereocenters. The van der Waals surface area contributed by atoms with Crippen molar-refractivity contribution in [2.45, 2.75) is 26.8 Å². The van der Waals surface area contributed by atoms with Gasteiger partial charge in [-0.3, -0.25) is 9.48 Å². The summed E-state index contributed by atoms with van der Waals surface area (Å²) in [6.45, 7) is 5.76. The summed E-state index contributed by atoms with van der Waals surface area (Å²) < 4.78 is 1.78. The summed E-state index contributed by atoms with van der Waals surface area (Å²) in [6.07, 6.45) is 0. The molecule has 5 heteroatoms. The van der Waals surface area contributed by atoms with E-state index in [-0.39, 0.29) is 11.9 Å². The fourth-order valence-corrected chi connectivity index (χ4v) is 2.98. The number of carbonyl (C=O) groups excluding carboxylic acids is 1. The topological polar surface area (TPSA) is 50.2 Å². The summed E-state index contributed by atoms with van der Waals surface area (Å²) in [5, 5.41) is 9.73. The van der Waals surface area contributed by atoms with Gasteiger partial charge in [0.1, 0.15) is 6.04 Å². The maximum atomic E-state index is 12.7. The summed E-state index contributed by atoms with van der Waals surface area (Å²) in [5.74, 6) is -0.0464. The lowest BCUT2D eigenvalue weighted by Gasteiger charge is -2.26. The second-order valence-electron chi connectivity index (χ2n) is 6.48. The number of likely N-dealkylation sites (N-methyl/N-ethyl adjacent to an activating group) is 1. The molecule has 0 saturated heterocycles. The van der Waals surface area contributed by atoms with E-state index in [1.54, 1.807) is 4.68 Å². The minimum Gasteiger partial charge on any atom is -0.363 e. The van der Waals surface area contributed by atoms with Gasteiger partial charge in [0.25, 0.3) is 0 Å². The van der Waals surface area contributed by atoms with E-state index in [4.69, 9.17) is 0 Å². The molecular formula is C20H24N4O. The van der Waals surface area contributed by atoms with Gasteiger partial charge < -0.3 is 10.2 Å². The maximum Gasteiger partial charge on any atom is 0.246 e. The Hall–Kier alpha value is -2.82. The van der Waals surface area contributed by atoms with Gasteiger partial charge in [-0.25, -0.2) is 0 Å². The molecule has 5 nitrogen and oxygen atoms in total. The number of fused-ring (bicyclic) bond motifs is 1. The van der Waals surface area contributed by atoms with Crippen LogP contribution in [-0.2, 0) is 11.8 Å². The lowest BCUT2D eigenvalue weighted by Crippen LogP contribution is -2.39. The first-order chi connectivity index (χ1) is 11.9. The number of nitrogens with zero attached hydrogens (tertiary/aromatic N) is 3. The summed E-state index contributed by atoms with van der Waals surface area (Å²) in [4.78, 5) is 14.7. The van der Waals surface area contributed by atoms with Gasteiger partial charge in [-0.1, -0.05) is 30.3 Å². The van der Waals surface area contributed by atoms with Gasteiger partial charge in [-0.15, -0.1) is 0 Å². The molecule has 1 heterocycles. The molecule has 0 aliphatic heterocycles. The van der Waals surface area contributed by atoms with Gasteiger partial charge in [0.05, 0.1) is 17.1 Å². The molecule has 0 aliphatic rings. The summed E-state index contributed by atoms with van der Waals surface area (Å²) in [6, 6.07) is 14.2. The smallest absolute Gasteiger partial charge is 0.246 e. The average molecular weight is 336 g/mol. The average Bonchev–Trinajstić information content (AvgIpc) is 2.86. The predicted molar refractivity (Wildman–Crippen MR) is 103 cm³/mol. The van der Waals surface area contributed by atoms with Gasteiger partial charge in [-0.05, 0) is 43.7 Å². The van der Waals surface area contributed by atoms with Crippen molar-refractivity contribution in [1.29, 1.82) is 0 Å². The molecule has 3 aromatic rings. The molecule has 2 aromatic carbocycles. The Bertz CT molecular complexity index is 929. The minimum atomic E-state index is -0.305. The zero-order valence-corrected chi connectivity index (χ0v) is 15.4. The van der Waals surface area contributed by atoms with Crippen LogP contribution < -0.4 is 10.2 Å². The van der Waals surface area contributed by atoms with Gasteiger partial charge in [0, 0.05) is 19.8 Å². The largest absolute Gasteiger partial charge is 0.363 e. The number of nitrogens with one attached hydrogen (secondary N) is 1. The van der Waals surface area contributed by atoms with Crippen LogP contribution in [0.15, 0.2) is 42.5 Å². The van der Waals surface area contributed by atoms with Crippen LogP contribution >= 0.6 is 0 Å². The molecule has 3 rings (SSSR count). The number of hydrogen-bond donors (Lipinski definition) is 1. The summed E-state index contributed by atoms with van der Waals surface area (Å²) in [7, 11) is 3.82. The Morgan fingerprint density at radius 1 is 1.16 bits per heavy atom. The van der Waals surface area contributed by atoms with Crippen LogP contribution in [0.4, 0.5) is 11.4 Å². The van der Waals surface area contributed by atoms with Gasteiger partial charge in [0.2, 0.25) is 5.91 Å². The minimum absolute atomic E-state index is 0.0464.